The lowest BCUT2D eigenvalue weighted by Crippen LogP contribution is -2.45. The van der Waals surface area contributed by atoms with E-state index in [1.807, 2.05) is 18.2 Å². The predicted molar refractivity (Wildman–Crippen MR) is 131 cm³/mol. The van der Waals surface area contributed by atoms with Crippen LogP contribution in [0.15, 0.2) is 58.1 Å². The van der Waals surface area contributed by atoms with Crippen LogP contribution in [-0.2, 0) is 17.9 Å². The highest BCUT2D eigenvalue weighted by molar-refractivity contribution is 6.30. The fourth-order valence-corrected chi connectivity index (χ4v) is 4.61. The summed E-state index contributed by atoms with van der Waals surface area (Å²) in [7, 11) is 0. The minimum Gasteiger partial charge on any atom is -0.353 e. The van der Waals surface area contributed by atoms with Crippen molar-refractivity contribution >= 4 is 28.5 Å². The number of rotatable bonds is 7. The summed E-state index contributed by atoms with van der Waals surface area (Å²) in [5, 5.41) is 3.51. The molecule has 0 unspecified atom stereocenters. The topological polar surface area (TPSA) is 76.3 Å². The summed E-state index contributed by atoms with van der Waals surface area (Å²) in [6.07, 6.45) is 3.62. The standard InChI is InChI=1S/C25H29ClN4O3/c1-18-6-4-5-14-28(18)15-13-27-23(31)17-30-22-8-3-2-7-21(22)29(24(32)25(30)33)16-19-9-11-20(26)12-10-19/h2-3,7-12,18H,4-6,13-17H2,1H3,(H,27,31)/t18-/m1/s1. The van der Waals surface area contributed by atoms with Crippen LogP contribution in [0.25, 0.3) is 11.0 Å². The minimum atomic E-state index is -0.706. The first-order valence-electron chi connectivity index (χ1n) is 11.4. The molecule has 1 amide bonds. The summed E-state index contributed by atoms with van der Waals surface area (Å²) in [5.74, 6) is -0.276. The number of nitrogens with one attached hydrogen (secondary N) is 1. The zero-order chi connectivity index (χ0) is 23.4. The van der Waals surface area contributed by atoms with Crippen LogP contribution in [0.3, 0.4) is 0 Å². The van der Waals surface area contributed by atoms with Crippen molar-refractivity contribution in [2.75, 3.05) is 19.6 Å². The number of aromatic nitrogens is 2. The van der Waals surface area contributed by atoms with E-state index in [-0.39, 0.29) is 19.0 Å². The Kier molecular flexibility index (Phi) is 7.30. The van der Waals surface area contributed by atoms with Crippen molar-refractivity contribution in [3.05, 3.63) is 79.8 Å². The molecule has 2 aromatic carbocycles. The molecule has 0 spiro atoms. The fraction of sp³-hybridized carbons (Fsp3) is 0.400. The number of fused-ring (bicyclic) bond motifs is 1. The molecule has 1 fully saturated rings. The Labute approximate surface area is 197 Å². The number of benzene rings is 2. The summed E-state index contributed by atoms with van der Waals surface area (Å²) in [4.78, 5) is 41.0. The number of halogens is 1. The SMILES string of the molecule is C[C@@H]1CCCCN1CCNC(=O)Cn1c(=O)c(=O)n(Cc2ccc(Cl)cc2)c2ccccc21. The molecular formula is C25H29ClN4O3. The van der Waals surface area contributed by atoms with Crippen molar-refractivity contribution in [2.45, 2.75) is 45.3 Å². The van der Waals surface area contributed by atoms with Gasteiger partial charge in [-0.05, 0) is 56.1 Å². The number of likely N-dealkylation sites (tertiary alicyclic amines) is 1. The first kappa shape index (κ1) is 23.3. The van der Waals surface area contributed by atoms with Gasteiger partial charge in [0.05, 0.1) is 17.6 Å². The third-order valence-electron chi connectivity index (χ3n) is 6.35. The molecule has 1 N–H and O–H groups in total. The molecule has 3 aromatic rings. The first-order chi connectivity index (χ1) is 15.9. The highest BCUT2D eigenvalue weighted by atomic mass is 35.5. The molecule has 1 saturated heterocycles. The molecule has 1 aliphatic heterocycles. The average Bonchev–Trinajstić information content (AvgIpc) is 2.82. The van der Waals surface area contributed by atoms with Crippen LogP contribution in [0.1, 0.15) is 31.7 Å². The van der Waals surface area contributed by atoms with Crippen molar-refractivity contribution in [3.63, 3.8) is 0 Å². The van der Waals surface area contributed by atoms with Crippen LogP contribution in [0.2, 0.25) is 5.02 Å². The normalized spacial score (nSPS) is 16.7. The molecule has 1 aliphatic rings. The Hall–Kier alpha value is -2.90. The number of hydrogen-bond donors (Lipinski definition) is 1. The average molecular weight is 469 g/mol. The number of carbonyl (C=O) groups excluding carboxylic acids is 1. The van der Waals surface area contributed by atoms with E-state index in [0.717, 1.165) is 18.7 Å². The van der Waals surface area contributed by atoms with E-state index in [1.54, 1.807) is 30.3 Å². The highest BCUT2D eigenvalue weighted by Gasteiger charge is 2.19. The second kappa shape index (κ2) is 10.4. The molecule has 1 atom stereocenters. The molecule has 4 rings (SSSR count). The zero-order valence-electron chi connectivity index (χ0n) is 18.8. The van der Waals surface area contributed by atoms with Crippen LogP contribution < -0.4 is 16.4 Å². The maximum absolute atomic E-state index is 13.0. The van der Waals surface area contributed by atoms with Gasteiger partial charge in [0.2, 0.25) is 5.91 Å². The Balaban J connectivity index is 1.54. The van der Waals surface area contributed by atoms with Gasteiger partial charge in [0, 0.05) is 24.2 Å². The number of carbonyl (C=O) groups is 1. The van der Waals surface area contributed by atoms with Crippen molar-refractivity contribution in [1.29, 1.82) is 0 Å². The minimum absolute atomic E-state index is 0.189. The predicted octanol–water partition coefficient (Wildman–Crippen LogP) is 2.86. The van der Waals surface area contributed by atoms with E-state index in [2.05, 4.69) is 17.1 Å². The molecule has 0 saturated carbocycles. The van der Waals surface area contributed by atoms with Crippen LogP contribution in [0, 0.1) is 0 Å². The molecule has 0 aliphatic carbocycles. The van der Waals surface area contributed by atoms with Gasteiger partial charge < -0.3 is 5.32 Å². The second-order valence-electron chi connectivity index (χ2n) is 8.63. The number of hydrogen-bond acceptors (Lipinski definition) is 4. The summed E-state index contributed by atoms with van der Waals surface area (Å²) in [6.45, 7) is 4.62. The summed E-state index contributed by atoms with van der Waals surface area (Å²) in [6, 6.07) is 14.8. The smallest absolute Gasteiger partial charge is 0.317 e. The van der Waals surface area contributed by atoms with E-state index in [4.69, 9.17) is 11.6 Å². The first-order valence-corrected chi connectivity index (χ1v) is 11.8. The molecule has 2 heterocycles. The molecule has 7 nitrogen and oxygen atoms in total. The van der Waals surface area contributed by atoms with E-state index >= 15 is 0 Å². The molecule has 0 radical (unpaired) electrons. The van der Waals surface area contributed by atoms with E-state index in [9.17, 15) is 14.4 Å². The summed E-state index contributed by atoms with van der Waals surface area (Å²) in [5.41, 5.74) is 0.650. The van der Waals surface area contributed by atoms with Gasteiger partial charge in [-0.1, -0.05) is 42.3 Å². The van der Waals surface area contributed by atoms with Gasteiger partial charge in [-0.25, -0.2) is 0 Å². The third kappa shape index (κ3) is 5.37. The monoisotopic (exact) mass is 468 g/mol. The molecular weight excluding hydrogens is 440 g/mol. The fourth-order valence-electron chi connectivity index (χ4n) is 4.48. The van der Waals surface area contributed by atoms with Gasteiger partial charge in [-0.2, -0.15) is 0 Å². The molecule has 174 valence electrons. The van der Waals surface area contributed by atoms with E-state index in [0.29, 0.717) is 28.6 Å². The van der Waals surface area contributed by atoms with Gasteiger partial charge >= 0.3 is 11.1 Å². The lowest BCUT2D eigenvalue weighted by molar-refractivity contribution is -0.121. The second-order valence-corrected chi connectivity index (χ2v) is 9.06. The Morgan fingerprint density at radius 2 is 1.67 bits per heavy atom. The Morgan fingerprint density at radius 3 is 2.36 bits per heavy atom. The molecule has 8 heteroatoms. The number of para-hydroxylation sites is 2. The lowest BCUT2D eigenvalue weighted by atomic mass is 10.0. The molecule has 1 aromatic heterocycles. The van der Waals surface area contributed by atoms with Gasteiger partial charge in [0.25, 0.3) is 0 Å². The number of amides is 1. The van der Waals surface area contributed by atoms with E-state index in [1.165, 1.54) is 28.4 Å². The quantitative estimate of drug-likeness (QED) is 0.541. The van der Waals surface area contributed by atoms with Crippen LogP contribution in [-0.4, -0.2) is 45.6 Å². The molecule has 0 bridgehead atoms. The van der Waals surface area contributed by atoms with Crippen LogP contribution in [0.5, 0.6) is 0 Å². The summed E-state index contributed by atoms with van der Waals surface area (Å²) < 4.78 is 2.72. The van der Waals surface area contributed by atoms with Crippen molar-refractivity contribution in [3.8, 4) is 0 Å². The zero-order valence-corrected chi connectivity index (χ0v) is 19.6. The van der Waals surface area contributed by atoms with Gasteiger partial charge in [-0.15, -0.1) is 0 Å². The van der Waals surface area contributed by atoms with Gasteiger partial charge in [0.15, 0.2) is 0 Å². The van der Waals surface area contributed by atoms with E-state index < -0.39 is 11.1 Å². The Bertz CT molecular complexity index is 1250. The number of piperidine rings is 1. The maximum atomic E-state index is 13.0. The molecule has 33 heavy (non-hydrogen) atoms. The van der Waals surface area contributed by atoms with Crippen molar-refractivity contribution in [2.24, 2.45) is 0 Å². The van der Waals surface area contributed by atoms with Crippen molar-refractivity contribution < 1.29 is 4.79 Å². The van der Waals surface area contributed by atoms with Crippen molar-refractivity contribution in [1.82, 2.24) is 19.4 Å². The van der Waals surface area contributed by atoms with Gasteiger partial charge in [0.1, 0.15) is 6.54 Å². The lowest BCUT2D eigenvalue weighted by Gasteiger charge is -2.33. The Morgan fingerprint density at radius 1 is 1.00 bits per heavy atom. The third-order valence-corrected chi connectivity index (χ3v) is 6.61. The summed E-state index contributed by atoms with van der Waals surface area (Å²) >= 11 is 5.96. The van der Waals surface area contributed by atoms with Crippen LogP contribution >= 0.6 is 11.6 Å². The largest absolute Gasteiger partial charge is 0.353 e. The highest BCUT2D eigenvalue weighted by Crippen LogP contribution is 2.16. The van der Waals surface area contributed by atoms with Gasteiger partial charge in [-0.3, -0.25) is 28.4 Å². The number of nitrogens with zero attached hydrogens (tertiary/aromatic N) is 3. The maximum Gasteiger partial charge on any atom is 0.317 e. The van der Waals surface area contributed by atoms with Crippen LogP contribution in [0.4, 0.5) is 0 Å².